The number of carbonyl (C=O) groups is 1. The first-order valence-electron chi connectivity index (χ1n) is 4.99. The second kappa shape index (κ2) is 6.02. The monoisotopic (exact) mass is 266 g/mol. The second-order valence-corrected chi connectivity index (χ2v) is 4.55. The van der Waals surface area contributed by atoms with Gasteiger partial charge in [0.2, 0.25) is 5.91 Å². The van der Waals surface area contributed by atoms with Gasteiger partial charge in [-0.2, -0.15) is 13.2 Å². The molecule has 1 aromatic rings. The lowest BCUT2D eigenvalue weighted by molar-refractivity contribution is -0.139. The summed E-state index contributed by atoms with van der Waals surface area (Å²) in [6.45, 7) is 0.703. The van der Waals surface area contributed by atoms with Gasteiger partial charge in [-0.3, -0.25) is 4.79 Å². The SMILES string of the molecule is CC(NCc1cccs1)C(=O)NCC(F)(F)F. The van der Waals surface area contributed by atoms with E-state index in [-0.39, 0.29) is 0 Å². The van der Waals surface area contributed by atoms with Crippen molar-refractivity contribution < 1.29 is 18.0 Å². The van der Waals surface area contributed by atoms with Crippen LogP contribution in [0.3, 0.4) is 0 Å². The number of thiophene rings is 1. The van der Waals surface area contributed by atoms with E-state index in [0.717, 1.165) is 4.88 Å². The highest BCUT2D eigenvalue weighted by atomic mass is 32.1. The van der Waals surface area contributed by atoms with Crippen molar-refractivity contribution in [1.82, 2.24) is 10.6 Å². The second-order valence-electron chi connectivity index (χ2n) is 3.51. The molecule has 0 saturated carbocycles. The van der Waals surface area contributed by atoms with Crippen LogP contribution in [-0.2, 0) is 11.3 Å². The Bertz CT molecular complexity index is 351. The topological polar surface area (TPSA) is 41.1 Å². The van der Waals surface area contributed by atoms with Gasteiger partial charge < -0.3 is 10.6 Å². The number of nitrogens with one attached hydrogen (secondary N) is 2. The molecule has 96 valence electrons. The van der Waals surface area contributed by atoms with Crippen LogP contribution in [0.15, 0.2) is 17.5 Å². The molecule has 3 nitrogen and oxygen atoms in total. The highest BCUT2D eigenvalue weighted by molar-refractivity contribution is 7.09. The minimum Gasteiger partial charge on any atom is -0.346 e. The minimum absolute atomic E-state index is 0.471. The normalized spacial score (nSPS) is 13.4. The van der Waals surface area contributed by atoms with Crippen LogP contribution >= 0.6 is 11.3 Å². The minimum atomic E-state index is -4.37. The molecule has 2 N–H and O–H groups in total. The van der Waals surface area contributed by atoms with Gasteiger partial charge in [0.1, 0.15) is 6.54 Å². The predicted octanol–water partition coefficient (Wildman–Crippen LogP) is 1.90. The van der Waals surface area contributed by atoms with Crippen LogP contribution in [0.1, 0.15) is 11.8 Å². The van der Waals surface area contributed by atoms with Gasteiger partial charge >= 0.3 is 6.18 Å². The van der Waals surface area contributed by atoms with E-state index in [2.05, 4.69) is 5.32 Å². The standard InChI is InChI=1S/C10H13F3N2OS/c1-7(9(16)15-6-10(11,12)13)14-5-8-3-2-4-17-8/h2-4,7,14H,5-6H2,1H3,(H,15,16). The first-order chi connectivity index (χ1) is 7.88. The molecular formula is C10H13F3N2OS. The fourth-order valence-corrected chi connectivity index (χ4v) is 1.76. The number of amides is 1. The van der Waals surface area contributed by atoms with Crippen LogP contribution < -0.4 is 10.6 Å². The molecule has 0 bridgehead atoms. The Hall–Kier alpha value is -1.08. The summed E-state index contributed by atoms with van der Waals surface area (Å²) in [5.74, 6) is -0.654. The number of carbonyl (C=O) groups excluding carboxylic acids is 1. The average Bonchev–Trinajstić information content (AvgIpc) is 2.74. The molecule has 0 aliphatic rings. The van der Waals surface area contributed by atoms with Crippen LogP contribution in [0.4, 0.5) is 13.2 Å². The first-order valence-corrected chi connectivity index (χ1v) is 5.86. The van der Waals surface area contributed by atoms with Gasteiger partial charge in [-0.15, -0.1) is 11.3 Å². The third-order valence-electron chi connectivity index (χ3n) is 2.02. The lowest BCUT2D eigenvalue weighted by Crippen LogP contribution is -2.44. The Kier molecular flexibility index (Phi) is 4.95. The number of hydrogen-bond acceptors (Lipinski definition) is 3. The summed E-state index contributed by atoms with van der Waals surface area (Å²) in [5, 5.41) is 6.58. The zero-order chi connectivity index (χ0) is 12.9. The van der Waals surface area contributed by atoms with Crippen LogP contribution in [0, 0.1) is 0 Å². The summed E-state index contributed by atoms with van der Waals surface area (Å²) in [6.07, 6.45) is -4.37. The van der Waals surface area contributed by atoms with Crippen LogP contribution in [0.2, 0.25) is 0 Å². The Morgan fingerprint density at radius 3 is 2.76 bits per heavy atom. The van der Waals surface area contributed by atoms with Crippen molar-refractivity contribution in [2.24, 2.45) is 0 Å². The quantitative estimate of drug-likeness (QED) is 0.854. The summed E-state index contributed by atoms with van der Waals surface area (Å²) in [5.41, 5.74) is 0. The number of halogens is 3. The summed E-state index contributed by atoms with van der Waals surface area (Å²) in [6, 6.07) is 3.10. The Labute approximate surface area is 101 Å². The highest BCUT2D eigenvalue weighted by Crippen LogP contribution is 2.12. The van der Waals surface area contributed by atoms with E-state index in [1.807, 2.05) is 22.8 Å². The molecule has 1 rings (SSSR count). The van der Waals surface area contributed by atoms with Crippen molar-refractivity contribution in [3.63, 3.8) is 0 Å². The van der Waals surface area contributed by atoms with E-state index in [0.29, 0.717) is 6.54 Å². The number of alkyl halides is 3. The molecule has 17 heavy (non-hydrogen) atoms. The Morgan fingerprint density at radius 2 is 2.24 bits per heavy atom. The van der Waals surface area contributed by atoms with Crippen molar-refractivity contribution in [3.05, 3.63) is 22.4 Å². The molecular weight excluding hydrogens is 253 g/mol. The van der Waals surface area contributed by atoms with Gasteiger partial charge in [0.15, 0.2) is 0 Å². The van der Waals surface area contributed by atoms with Crippen molar-refractivity contribution >= 4 is 17.2 Å². The lowest BCUT2D eigenvalue weighted by atomic mass is 10.3. The molecule has 0 aliphatic heterocycles. The molecule has 0 aromatic carbocycles. The van der Waals surface area contributed by atoms with Gasteiger partial charge in [-0.25, -0.2) is 0 Å². The van der Waals surface area contributed by atoms with Gasteiger partial charge in [0.25, 0.3) is 0 Å². The summed E-state index contributed by atoms with van der Waals surface area (Å²) in [7, 11) is 0. The lowest BCUT2D eigenvalue weighted by Gasteiger charge is -2.14. The molecule has 1 atom stereocenters. The molecule has 1 unspecified atom stereocenters. The van der Waals surface area contributed by atoms with E-state index in [4.69, 9.17) is 0 Å². The van der Waals surface area contributed by atoms with Gasteiger partial charge in [0, 0.05) is 11.4 Å². The summed E-state index contributed by atoms with van der Waals surface area (Å²) >= 11 is 1.52. The Morgan fingerprint density at radius 1 is 1.53 bits per heavy atom. The number of hydrogen-bond donors (Lipinski definition) is 2. The van der Waals surface area contributed by atoms with E-state index < -0.39 is 24.7 Å². The van der Waals surface area contributed by atoms with Crippen molar-refractivity contribution in [2.45, 2.75) is 25.7 Å². The fraction of sp³-hybridized carbons (Fsp3) is 0.500. The molecule has 1 amide bonds. The third-order valence-corrected chi connectivity index (χ3v) is 2.90. The molecule has 0 fully saturated rings. The van der Waals surface area contributed by atoms with Crippen molar-refractivity contribution in [1.29, 1.82) is 0 Å². The first kappa shape index (κ1) is 14.0. The van der Waals surface area contributed by atoms with Crippen molar-refractivity contribution in [2.75, 3.05) is 6.54 Å². The van der Waals surface area contributed by atoms with Gasteiger partial charge in [-0.05, 0) is 18.4 Å². The van der Waals surface area contributed by atoms with E-state index in [1.54, 1.807) is 0 Å². The summed E-state index contributed by atoms with van der Waals surface area (Å²) < 4.78 is 35.6. The molecule has 0 spiro atoms. The number of rotatable bonds is 5. The van der Waals surface area contributed by atoms with Crippen LogP contribution in [0.25, 0.3) is 0 Å². The predicted molar refractivity (Wildman–Crippen MR) is 59.7 cm³/mol. The third kappa shape index (κ3) is 5.69. The zero-order valence-electron chi connectivity index (χ0n) is 9.17. The maximum atomic E-state index is 11.9. The molecule has 0 aliphatic carbocycles. The van der Waals surface area contributed by atoms with Crippen LogP contribution in [0.5, 0.6) is 0 Å². The Balaban J connectivity index is 2.27. The molecule has 0 saturated heterocycles. The molecule has 1 aromatic heterocycles. The average molecular weight is 266 g/mol. The van der Waals surface area contributed by atoms with E-state index >= 15 is 0 Å². The fourth-order valence-electron chi connectivity index (χ4n) is 1.10. The molecule has 0 radical (unpaired) electrons. The maximum Gasteiger partial charge on any atom is 0.405 e. The highest BCUT2D eigenvalue weighted by Gasteiger charge is 2.28. The zero-order valence-corrected chi connectivity index (χ0v) is 9.99. The summed E-state index contributed by atoms with van der Waals surface area (Å²) in [4.78, 5) is 12.3. The smallest absolute Gasteiger partial charge is 0.346 e. The largest absolute Gasteiger partial charge is 0.405 e. The van der Waals surface area contributed by atoms with E-state index in [9.17, 15) is 18.0 Å². The van der Waals surface area contributed by atoms with Crippen LogP contribution in [-0.4, -0.2) is 24.7 Å². The molecule has 7 heteroatoms. The van der Waals surface area contributed by atoms with Gasteiger partial charge in [-0.1, -0.05) is 6.07 Å². The van der Waals surface area contributed by atoms with Gasteiger partial charge in [0.05, 0.1) is 6.04 Å². The maximum absolute atomic E-state index is 11.9. The van der Waals surface area contributed by atoms with Crippen molar-refractivity contribution in [3.8, 4) is 0 Å². The molecule has 1 heterocycles. The van der Waals surface area contributed by atoms with E-state index in [1.165, 1.54) is 18.3 Å².